The number of rotatable bonds is 0. The summed E-state index contributed by atoms with van der Waals surface area (Å²) in [5.41, 5.74) is 4.48. The zero-order valence-corrected chi connectivity index (χ0v) is 8.02. The van der Waals surface area contributed by atoms with Gasteiger partial charge in [-0.1, -0.05) is 0 Å². The van der Waals surface area contributed by atoms with E-state index in [9.17, 15) is 5.11 Å². The van der Waals surface area contributed by atoms with Crippen molar-refractivity contribution in [3.63, 3.8) is 0 Å². The molecule has 1 aliphatic heterocycles. The fourth-order valence-corrected chi connectivity index (χ4v) is 2.28. The Morgan fingerprint density at radius 3 is 3.14 bits per heavy atom. The topological polar surface area (TPSA) is 48.0 Å². The van der Waals surface area contributed by atoms with Gasteiger partial charge in [-0.05, 0) is 24.5 Å². The molecule has 2 aromatic rings. The predicted octanol–water partition coefficient (Wildman–Crippen LogP) is 2.15. The first kappa shape index (κ1) is 7.74. The summed E-state index contributed by atoms with van der Waals surface area (Å²) in [4.78, 5) is 3.11. The lowest BCUT2D eigenvalue weighted by atomic mass is 10.0. The van der Waals surface area contributed by atoms with Crippen LogP contribution >= 0.6 is 0 Å². The number of benzene rings is 1. The molecular weight excluding hydrogens is 176 g/mol. The van der Waals surface area contributed by atoms with Crippen LogP contribution < -0.4 is 5.32 Å². The van der Waals surface area contributed by atoms with Crippen LogP contribution in [0.5, 0.6) is 5.75 Å². The first-order valence-corrected chi connectivity index (χ1v) is 4.84. The van der Waals surface area contributed by atoms with E-state index in [1.165, 1.54) is 16.5 Å². The second-order valence-corrected chi connectivity index (χ2v) is 3.82. The first-order valence-electron chi connectivity index (χ1n) is 4.84. The summed E-state index contributed by atoms with van der Waals surface area (Å²) < 4.78 is 0. The molecule has 0 fully saturated rings. The lowest BCUT2D eigenvalue weighted by Gasteiger charge is -2.04. The van der Waals surface area contributed by atoms with E-state index in [2.05, 4.69) is 17.2 Å². The maximum Gasteiger partial charge on any atom is 0.141 e. The third-order valence-electron chi connectivity index (χ3n) is 2.93. The largest absolute Gasteiger partial charge is 0.506 e. The van der Waals surface area contributed by atoms with Gasteiger partial charge in [-0.25, -0.2) is 0 Å². The number of aromatic hydroxyl groups is 1. The number of hydrogen-bond acceptors (Lipinski definition) is 2. The minimum absolute atomic E-state index is 0.334. The van der Waals surface area contributed by atoms with Crippen molar-refractivity contribution in [1.82, 2.24) is 4.98 Å². The predicted molar refractivity (Wildman–Crippen MR) is 56.9 cm³/mol. The highest BCUT2D eigenvalue weighted by molar-refractivity contribution is 5.96. The third kappa shape index (κ3) is 0.816. The maximum absolute atomic E-state index is 9.78. The summed E-state index contributed by atoms with van der Waals surface area (Å²) in [6, 6.07) is 1.81. The van der Waals surface area contributed by atoms with E-state index in [1.807, 2.05) is 6.20 Å². The van der Waals surface area contributed by atoms with Crippen LogP contribution in [0.15, 0.2) is 12.3 Å². The average molecular weight is 188 g/mol. The minimum atomic E-state index is 0.334. The maximum atomic E-state index is 9.78. The van der Waals surface area contributed by atoms with Gasteiger partial charge in [0.25, 0.3) is 0 Å². The Hall–Kier alpha value is -1.64. The normalized spacial score (nSPS) is 14.4. The van der Waals surface area contributed by atoms with E-state index in [4.69, 9.17) is 0 Å². The van der Waals surface area contributed by atoms with E-state index < -0.39 is 0 Å². The van der Waals surface area contributed by atoms with Crippen LogP contribution in [0.25, 0.3) is 10.9 Å². The van der Waals surface area contributed by atoms with E-state index in [1.54, 1.807) is 6.07 Å². The third-order valence-corrected chi connectivity index (χ3v) is 2.93. The number of aromatic amines is 1. The standard InChI is InChI=1S/C11H12N2O/c1-6-5-13-11-9(14)4-8-7(10(6)11)2-3-12-8/h4-5,12-14H,2-3H2,1H3. The lowest BCUT2D eigenvalue weighted by molar-refractivity contribution is 0.481. The van der Waals surface area contributed by atoms with Gasteiger partial charge in [0.15, 0.2) is 0 Å². The fourth-order valence-electron chi connectivity index (χ4n) is 2.28. The number of H-pyrrole nitrogens is 1. The first-order chi connectivity index (χ1) is 6.77. The van der Waals surface area contributed by atoms with E-state index in [0.29, 0.717) is 5.75 Å². The number of fused-ring (bicyclic) bond motifs is 3. The van der Waals surface area contributed by atoms with Gasteiger partial charge in [0.2, 0.25) is 0 Å². The van der Waals surface area contributed by atoms with Crippen LogP contribution in [-0.4, -0.2) is 16.6 Å². The van der Waals surface area contributed by atoms with Gasteiger partial charge in [0.1, 0.15) is 5.75 Å². The summed E-state index contributed by atoms with van der Waals surface area (Å²) in [5.74, 6) is 0.334. The van der Waals surface area contributed by atoms with Crippen molar-refractivity contribution in [3.05, 3.63) is 23.4 Å². The number of nitrogens with one attached hydrogen (secondary N) is 2. The van der Waals surface area contributed by atoms with Crippen LogP contribution in [0.3, 0.4) is 0 Å². The monoisotopic (exact) mass is 188 g/mol. The zero-order chi connectivity index (χ0) is 9.71. The molecule has 0 atom stereocenters. The number of phenols is 1. The molecule has 1 aromatic heterocycles. The van der Waals surface area contributed by atoms with Crippen LogP contribution in [0.1, 0.15) is 11.1 Å². The van der Waals surface area contributed by atoms with E-state index in [-0.39, 0.29) is 0 Å². The zero-order valence-electron chi connectivity index (χ0n) is 8.02. The Morgan fingerprint density at radius 2 is 2.29 bits per heavy atom. The van der Waals surface area contributed by atoms with Gasteiger partial charge in [0, 0.05) is 29.9 Å². The molecule has 0 amide bonds. The van der Waals surface area contributed by atoms with E-state index in [0.717, 1.165) is 24.2 Å². The van der Waals surface area contributed by atoms with Crippen molar-refractivity contribution in [2.45, 2.75) is 13.3 Å². The molecule has 1 aromatic carbocycles. The molecular formula is C11H12N2O. The highest BCUT2D eigenvalue weighted by atomic mass is 16.3. The van der Waals surface area contributed by atoms with Crippen molar-refractivity contribution < 1.29 is 5.11 Å². The molecule has 1 aliphatic rings. The number of anilines is 1. The summed E-state index contributed by atoms with van der Waals surface area (Å²) in [7, 11) is 0. The summed E-state index contributed by atoms with van der Waals surface area (Å²) in [6.07, 6.45) is 2.99. The van der Waals surface area contributed by atoms with Gasteiger partial charge in [-0.15, -0.1) is 0 Å². The molecule has 0 saturated heterocycles. The van der Waals surface area contributed by atoms with Gasteiger partial charge >= 0.3 is 0 Å². The van der Waals surface area contributed by atoms with Crippen molar-refractivity contribution in [1.29, 1.82) is 0 Å². The van der Waals surface area contributed by atoms with Crippen LogP contribution in [0.4, 0.5) is 5.69 Å². The van der Waals surface area contributed by atoms with Gasteiger partial charge in [0.05, 0.1) is 5.52 Å². The highest BCUT2D eigenvalue weighted by Gasteiger charge is 2.18. The Morgan fingerprint density at radius 1 is 1.43 bits per heavy atom. The summed E-state index contributed by atoms with van der Waals surface area (Å²) >= 11 is 0. The molecule has 2 heterocycles. The molecule has 3 nitrogen and oxygen atoms in total. The Kier molecular flexibility index (Phi) is 1.35. The van der Waals surface area contributed by atoms with Crippen molar-refractivity contribution in [3.8, 4) is 5.75 Å². The fraction of sp³-hybridized carbons (Fsp3) is 0.273. The Balaban J connectivity index is 2.50. The number of aromatic nitrogens is 1. The smallest absolute Gasteiger partial charge is 0.141 e. The number of phenolic OH excluding ortho intramolecular Hbond substituents is 1. The van der Waals surface area contributed by atoms with Gasteiger partial charge in [-0.3, -0.25) is 0 Å². The second kappa shape index (κ2) is 2.44. The Bertz CT molecular complexity index is 513. The molecule has 0 spiro atoms. The quantitative estimate of drug-likeness (QED) is 0.593. The number of aryl methyl sites for hydroxylation is 1. The van der Waals surface area contributed by atoms with Crippen LogP contribution in [-0.2, 0) is 6.42 Å². The molecule has 0 aliphatic carbocycles. The second-order valence-electron chi connectivity index (χ2n) is 3.82. The van der Waals surface area contributed by atoms with Crippen molar-refractivity contribution >= 4 is 16.6 Å². The minimum Gasteiger partial charge on any atom is -0.506 e. The molecule has 3 N–H and O–H groups in total. The van der Waals surface area contributed by atoms with Gasteiger partial charge in [-0.2, -0.15) is 0 Å². The number of hydrogen-bond donors (Lipinski definition) is 3. The molecule has 3 rings (SSSR count). The molecule has 72 valence electrons. The highest BCUT2D eigenvalue weighted by Crippen LogP contribution is 2.37. The molecule has 0 unspecified atom stereocenters. The average Bonchev–Trinajstić information content (AvgIpc) is 2.71. The van der Waals surface area contributed by atoms with Gasteiger partial charge < -0.3 is 15.4 Å². The molecule has 0 bridgehead atoms. The summed E-state index contributed by atoms with van der Waals surface area (Å²) in [6.45, 7) is 3.04. The van der Waals surface area contributed by atoms with E-state index >= 15 is 0 Å². The van der Waals surface area contributed by atoms with Crippen molar-refractivity contribution in [2.75, 3.05) is 11.9 Å². The molecule has 14 heavy (non-hydrogen) atoms. The molecule has 0 saturated carbocycles. The molecule has 0 radical (unpaired) electrons. The lowest BCUT2D eigenvalue weighted by Crippen LogP contribution is -1.90. The molecule has 3 heteroatoms. The van der Waals surface area contributed by atoms with Crippen molar-refractivity contribution in [2.24, 2.45) is 0 Å². The SMILES string of the molecule is Cc1c[nH]c2c(O)cc3c(c12)CCN3. The van der Waals surface area contributed by atoms with Crippen LogP contribution in [0.2, 0.25) is 0 Å². The Labute approximate surface area is 81.8 Å². The summed E-state index contributed by atoms with van der Waals surface area (Å²) in [5, 5.41) is 14.2. The van der Waals surface area contributed by atoms with Crippen LogP contribution in [0, 0.1) is 6.92 Å².